The van der Waals surface area contributed by atoms with Crippen LogP contribution in [0.4, 0.5) is 14.5 Å². The number of ether oxygens (including phenoxy) is 1. The average Bonchev–Trinajstić information content (AvgIpc) is 3.45. The lowest BCUT2D eigenvalue weighted by Gasteiger charge is -2.32. The van der Waals surface area contributed by atoms with Crippen LogP contribution in [0.5, 0.6) is 5.88 Å². The van der Waals surface area contributed by atoms with Gasteiger partial charge in [0.05, 0.1) is 12.6 Å². The molecule has 6 rings (SSSR count). The maximum absolute atomic E-state index is 15.3. The number of nitrogens with zero attached hydrogens (tertiary/aromatic N) is 5. The third-order valence-electron chi connectivity index (χ3n) is 8.12. The predicted molar refractivity (Wildman–Crippen MR) is 158 cm³/mol. The molecule has 218 valence electrons. The number of anilines is 1. The first kappa shape index (κ1) is 27.8. The zero-order valence-corrected chi connectivity index (χ0v) is 23.3. The number of nitrogens with one attached hydrogen (secondary N) is 1. The fourth-order valence-electron chi connectivity index (χ4n) is 5.70. The molecule has 3 unspecified atom stereocenters. The molecular weight excluding hydrogens is 540 g/mol. The van der Waals surface area contributed by atoms with Crippen molar-refractivity contribution in [2.45, 2.75) is 38.1 Å². The van der Waals surface area contributed by atoms with Gasteiger partial charge in [-0.05, 0) is 68.1 Å². The number of benzene rings is 1. The Morgan fingerprint density at radius 2 is 2.05 bits per heavy atom. The first-order chi connectivity index (χ1) is 20.4. The number of amidine groups is 2. The van der Waals surface area contributed by atoms with Gasteiger partial charge >= 0.3 is 0 Å². The van der Waals surface area contributed by atoms with Crippen molar-refractivity contribution >= 4 is 23.3 Å². The Morgan fingerprint density at radius 3 is 2.79 bits per heavy atom. The van der Waals surface area contributed by atoms with Gasteiger partial charge in [-0.25, -0.2) is 18.8 Å². The summed E-state index contributed by atoms with van der Waals surface area (Å²) in [6.45, 7) is 4.23. The SMILES string of the molecule is Cc1cc(NC2=NC=CN3C2=NCC3C2=C(F)C(F)C(Oc3ccccn3)C=C2)ccc1C(=O)N1CCC(CN)CC1. The number of hydrogen-bond donors (Lipinski definition) is 2. The molecule has 3 N–H and O–H groups in total. The van der Waals surface area contributed by atoms with Crippen LogP contribution in [0, 0.1) is 12.8 Å². The van der Waals surface area contributed by atoms with Crippen molar-refractivity contribution < 1.29 is 18.3 Å². The van der Waals surface area contributed by atoms with E-state index < -0.39 is 24.1 Å². The van der Waals surface area contributed by atoms with E-state index in [0.717, 1.165) is 24.1 Å². The largest absolute Gasteiger partial charge is 0.466 e. The minimum atomic E-state index is -1.97. The number of aromatic nitrogens is 1. The molecule has 1 aliphatic carbocycles. The number of carbonyl (C=O) groups is 1. The van der Waals surface area contributed by atoms with Gasteiger partial charge in [-0.3, -0.25) is 9.79 Å². The van der Waals surface area contributed by atoms with Crippen molar-refractivity contribution in [1.29, 1.82) is 0 Å². The van der Waals surface area contributed by atoms with Crippen LogP contribution in [0.15, 0.2) is 88.5 Å². The van der Waals surface area contributed by atoms with E-state index in [4.69, 9.17) is 10.5 Å². The van der Waals surface area contributed by atoms with Crippen LogP contribution in [-0.4, -0.2) is 76.9 Å². The lowest BCUT2D eigenvalue weighted by molar-refractivity contribution is 0.0692. The molecule has 1 fully saturated rings. The Bertz CT molecular complexity index is 1500. The lowest BCUT2D eigenvalue weighted by atomic mass is 9.95. The smallest absolute Gasteiger partial charge is 0.254 e. The third kappa shape index (κ3) is 5.44. The van der Waals surface area contributed by atoms with E-state index in [0.29, 0.717) is 42.8 Å². The molecule has 1 amide bonds. The van der Waals surface area contributed by atoms with Crippen LogP contribution in [0.1, 0.15) is 28.8 Å². The van der Waals surface area contributed by atoms with Crippen LogP contribution in [0.3, 0.4) is 0 Å². The number of carbonyl (C=O) groups excluding carboxylic acids is 1. The first-order valence-electron chi connectivity index (χ1n) is 14.2. The van der Waals surface area contributed by atoms with Crippen LogP contribution >= 0.6 is 0 Å². The van der Waals surface area contributed by atoms with E-state index in [1.165, 1.54) is 12.3 Å². The summed E-state index contributed by atoms with van der Waals surface area (Å²) in [5.41, 5.74) is 8.25. The molecule has 9 nitrogen and oxygen atoms in total. The first-order valence-corrected chi connectivity index (χ1v) is 14.2. The van der Waals surface area contributed by atoms with Gasteiger partial charge < -0.3 is 25.6 Å². The second kappa shape index (κ2) is 11.8. The van der Waals surface area contributed by atoms with Crippen LogP contribution in [0.25, 0.3) is 0 Å². The number of piperidine rings is 1. The number of rotatable bonds is 6. The zero-order chi connectivity index (χ0) is 29.2. The normalized spacial score (nSPS) is 24.0. The third-order valence-corrected chi connectivity index (χ3v) is 8.12. The molecule has 1 aromatic carbocycles. The Morgan fingerprint density at radius 1 is 1.21 bits per heavy atom. The van der Waals surface area contributed by atoms with Crippen molar-refractivity contribution in [3.05, 3.63) is 89.7 Å². The molecule has 4 heterocycles. The summed E-state index contributed by atoms with van der Waals surface area (Å²) in [6, 6.07) is 10.1. The molecule has 0 radical (unpaired) electrons. The number of halogens is 2. The van der Waals surface area contributed by atoms with Gasteiger partial charge in [0.1, 0.15) is 5.83 Å². The zero-order valence-electron chi connectivity index (χ0n) is 23.3. The van der Waals surface area contributed by atoms with Gasteiger partial charge in [0.2, 0.25) is 5.88 Å². The minimum absolute atomic E-state index is 0.0244. The number of nitrogens with two attached hydrogens (primary N) is 1. The molecule has 0 spiro atoms. The van der Waals surface area contributed by atoms with Gasteiger partial charge in [0.25, 0.3) is 5.91 Å². The quantitative estimate of drug-likeness (QED) is 0.538. The Labute approximate surface area is 243 Å². The van der Waals surface area contributed by atoms with Crippen LogP contribution in [-0.2, 0) is 0 Å². The average molecular weight is 574 g/mol. The van der Waals surface area contributed by atoms with Gasteiger partial charge in [-0.15, -0.1) is 0 Å². The molecule has 3 aliphatic heterocycles. The highest BCUT2D eigenvalue weighted by molar-refractivity contribution is 6.45. The Balaban J connectivity index is 1.12. The van der Waals surface area contributed by atoms with E-state index in [-0.39, 0.29) is 23.9 Å². The van der Waals surface area contributed by atoms with E-state index in [1.54, 1.807) is 41.6 Å². The fourth-order valence-corrected chi connectivity index (χ4v) is 5.70. The number of fused-ring (bicyclic) bond motifs is 1. The van der Waals surface area contributed by atoms with Crippen molar-refractivity contribution in [3.63, 3.8) is 0 Å². The second-order valence-electron chi connectivity index (χ2n) is 10.8. The Kier molecular flexibility index (Phi) is 7.84. The number of aryl methyl sites for hydroxylation is 1. The molecule has 42 heavy (non-hydrogen) atoms. The van der Waals surface area contributed by atoms with Crippen molar-refractivity contribution in [2.24, 2.45) is 21.6 Å². The van der Waals surface area contributed by atoms with E-state index in [2.05, 4.69) is 20.3 Å². The van der Waals surface area contributed by atoms with E-state index >= 15 is 8.78 Å². The maximum atomic E-state index is 15.3. The molecule has 4 aliphatic rings. The molecular formula is C31H33F2N7O2. The van der Waals surface area contributed by atoms with Gasteiger partial charge in [0.15, 0.2) is 23.9 Å². The number of amides is 1. The lowest BCUT2D eigenvalue weighted by Crippen LogP contribution is -2.42. The van der Waals surface area contributed by atoms with Crippen molar-refractivity contribution in [1.82, 2.24) is 14.8 Å². The van der Waals surface area contributed by atoms with Crippen molar-refractivity contribution in [3.8, 4) is 5.88 Å². The van der Waals surface area contributed by atoms with Crippen LogP contribution in [0.2, 0.25) is 0 Å². The molecule has 0 saturated carbocycles. The van der Waals surface area contributed by atoms with E-state index in [1.807, 2.05) is 30.0 Å². The minimum Gasteiger partial charge on any atom is -0.466 e. The van der Waals surface area contributed by atoms with Gasteiger partial charge in [-0.1, -0.05) is 12.1 Å². The summed E-state index contributed by atoms with van der Waals surface area (Å²) in [7, 11) is 0. The fraction of sp³-hybridized carbons (Fsp3) is 0.355. The highest BCUT2D eigenvalue weighted by Gasteiger charge is 2.39. The standard InChI is InChI=1S/C31H33F2N7O2/c1-19-16-21(5-6-22(19)31(41)39-13-9-20(17-34)10-14-39)38-29-30-37-18-24(40(30)15-12-36-29)23-7-8-25(28(33)27(23)32)42-26-4-2-3-11-35-26/h2-8,11-12,15-16,20,24-25,28H,9-10,13-14,17-18,34H2,1H3,(H,36,38). The monoisotopic (exact) mass is 573 g/mol. The predicted octanol–water partition coefficient (Wildman–Crippen LogP) is 4.16. The number of likely N-dealkylation sites (tertiary alicyclic amines) is 1. The molecule has 2 aromatic rings. The highest BCUT2D eigenvalue weighted by atomic mass is 19.2. The molecule has 3 atom stereocenters. The number of alkyl halides is 1. The molecule has 1 aromatic heterocycles. The topological polar surface area (TPSA) is 108 Å². The summed E-state index contributed by atoms with van der Waals surface area (Å²) in [5.74, 6) is 0.858. The highest BCUT2D eigenvalue weighted by Crippen LogP contribution is 2.33. The van der Waals surface area contributed by atoms with Gasteiger partial charge in [-0.2, -0.15) is 0 Å². The van der Waals surface area contributed by atoms with Crippen LogP contribution < -0.4 is 15.8 Å². The molecule has 1 saturated heterocycles. The van der Waals surface area contributed by atoms with Gasteiger partial charge in [0, 0.05) is 54.6 Å². The Hall–Kier alpha value is -4.38. The summed E-state index contributed by atoms with van der Waals surface area (Å²) in [4.78, 5) is 29.9. The summed E-state index contributed by atoms with van der Waals surface area (Å²) < 4.78 is 36.0. The summed E-state index contributed by atoms with van der Waals surface area (Å²) in [5, 5.41) is 3.29. The van der Waals surface area contributed by atoms with E-state index in [9.17, 15) is 4.79 Å². The maximum Gasteiger partial charge on any atom is 0.254 e. The number of hydrogen-bond acceptors (Lipinski definition) is 8. The summed E-state index contributed by atoms with van der Waals surface area (Å²) in [6.07, 6.45) is 6.69. The van der Waals surface area contributed by atoms with Crippen molar-refractivity contribution in [2.75, 3.05) is 31.5 Å². The number of aliphatic imine (C=N–C) groups is 2. The number of pyridine rings is 1. The molecule has 0 bridgehead atoms. The second-order valence-corrected chi connectivity index (χ2v) is 10.8. The summed E-state index contributed by atoms with van der Waals surface area (Å²) >= 11 is 0. The molecule has 11 heteroatoms.